The Bertz CT molecular complexity index is 1000. The molecule has 4 fully saturated rings. The zero-order valence-electron chi connectivity index (χ0n) is 28.0. The minimum absolute atomic E-state index is 0.844. The molecule has 0 spiro atoms. The van der Waals surface area contributed by atoms with E-state index in [-0.39, 0.29) is 0 Å². The molecule has 2 aromatic carbocycles. The SMILES string of the molecule is CCCCC[C@H]1CC[C@H](c2ccc(C3CC(C)C3)cc2)CC1.CCC[C@H]1CC[C@H](c2ccc(C3CC(C)C3)cc2)CC1. The highest BCUT2D eigenvalue weighted by Crippen LogP contribution is 2.44. The topological polar surface area (TPSA) is 0 Å². The Morgan fingerprint density at radius 2 is 0.786 bits per heavy atom. The molecule has 0 atom stereocenters. The molecule has 4 aliphatic carbocycles. The highest BCUT2D eigenvalue weighted by molar-refractivity contribution is 5.30. The van der Waals surface area contributed by atoms with Crippen molar-refractivity contribution in [2.45, 2.75) is 167 Å². The summed E-state index contributed by atoms with van der Waals surface area (Å²) in [4.78, 5) is 0. The van der Waals surface area contributed by atoms with Gasteiger partial charge in [0.05, 0.1) is 0 Å². The maximum absolute atomic E-state index is 2.44. The number of benzene rings is 2. The van der Waals surface area contributed by atoms with Crippen molar-refractivity contribution in [2.24, 2.45) is 23.7 Å². The molecule has 232 valence electrons. The first-order valence-electron chi connectivity index (χ1n) is 18.7. The van der Waals surface area contributed by atoms with Gasteiger partial charge in [-0.15, -0.1) is 0 Å². The summed E-state index contributed by atoms with van der Waals surface area (Å²) in [6, 6.07) is 19.5. The van der Waals surface area contributed by atoms with Gasteiger partial charge in [-0.05, 0) is 147 Å². The van der Waals surface area contributed by atoms with E-state index in [9.17, 15) is 0 Å². The smallest absolute Gasteiger partial charge is 0.0157 e. The van der Waals surface area contributed by atoms with Gasteiger partial charge in [-0.1, -0.05) is 115 Å². The van der Waals surface area contributed by atoms with Crippen LogP contribution in [0.15, 0.2) is 48.5 Å². The van der Waals surface area contributed by atoms with E-state index in [1.54, 1.807) is 22.3 Å². The Hall–Kier alpha value is -1.56. The fraction of sp³-hybridized carbons (Fsp3) is 0.714. The van der Waals surface area contributed by atoms with Crippen molar-refractivity contribution in [1.82, 2.24) is 0 Å². The van der Waals surface area contributed by atoms with Crippen molar-refractivity contribution < 1.29 is 0 Å². The van der Waals surface area contributed by atoms with Crippen molar-refractivity contribution in [3.05, 3.63) is 70.8 Å². The van der Waals surface area contributed by atoms with Gasteiger partial charge >= 0.3 is 0 Å². The van der Waals surface area contributed by atoms with Crippen LogP contribution in [0, 0.1) is 23.7 Å². The van der Waals surface area contributed by atoms with Crippen LogP contribution >= 0.6 is 0 Å². The molecule has 2 aromatic rings. The van der Waals surface area contributed by atoms with E-state index in [4.69, 9.17) is 0 Å². The second-order valence-corrected chi connectivity index (χ2v) is 15.6. The van der Waals surface area contributed by atoms with Crippen LogP contribution in [-0.4, -0.2) is 0 Å². The molecule has 0 aromatic heterocycles. The van der Waals surface area contributed by atoms with Crippen LogP contribution in [0.5, 0.6) is 0 Å². The van der Waals surface area contributed by atoms with E-state index in [0.717, 1.165) is 47.3 Å². The highest BCUT2D eigenvalue weighted by Gasteiger charge is 2.28. The largest absolute Gasteiger partial charge is 0.0654 e. The maximum atomic E-state index is 2.44. The van der Waals surface area contributed by atoms with Crippen molar-refractivity contribution >= 4 is 0 Å². The van der Waals surface area contributed by atoms with Gasteiger partial charge in [0.15, 0.2) is 0 Å². The molecule has 0 heteroatoms. The molecule has 0 unspecified atom stereocenters. The zero-order chi connectivity index (χ0) is 29.3. The lowest BCUT2D eigenvalue weighted by Crippen LogP contribution is -2.19. The first-order valence-corrected chi connectivity index (χ1v) is 18.7. The summed E-state index contributed by atoms with van der Waals surface area (Å²) in [5.74, 6) is 7.36. The molecule has 0 radical (unpaired) electrons. The van der Waals surface area contributed by atoms with Crippen LogP contribution in [0.25, 0.3) is 0 Å². The third-order valence-electron chi connectivity index (χ3n) is 12.1. The van der Waals surface area contributed by atoms with E-state index in [2.05, 4.69) is 76.2 Å². The standard InChI is InChI=1S/C22H34.C20H30/c1-3-4-5-6-18-7-9-19(10-8-18)20-11-13-21(14-12-20)22-15-17(2)16-22;1-3-4-16-5-7-17(8-6-16)18-9-11-19(12-10-18)20-13-15(2)14-20/h11-14,17-19,22H,3-10,15-16H2,1-2H3;9-12,15-17,20H,3-8,13-14H2,1-2H3/t17?,18-,19-,22?;15?,16-,17-,20?. The molecule has 0 saturated heterocycles. The molecule has 42 heavy (non-hydrogen) atoms. The van der Waals surface area contributed by atoms with E-state index < -0.39 is 0 Å². The van der Waals surface area contributed by atoms with Gasteiger partial charge in [0.2, 0.25) is 0 Å². The summed E-state index contributed by atoms with van der Waals surface area (Å²) in [6.45, 7) is 9.39. The summed E-state index contributed by atoms with van der Waals surface area (Å²) in [5, 5.41) is 0. The molecular weight excluding hydrogens is 504 g/mol. The minimum atomic E-state index is 0.844. The molecule has 4 saturated carbocycles. The van der Waals surface area contributed by atoms with Gasteiger partial charge in [-0.2, -0.15) is 0 Å². The second-order valence-electron chi connectivity index (χ2n) is 15.6. The third-order valence-corrected chi connectivity index (χ3v) is 12.1. The van der Waals surface area contributed by atoms with E-state index in [1.165, 1.54) is 116 Å². The summed E-state index contributed by atoms with van der Waals surface area (Å²) < 4.78 is 0. The monoisotopic (exact) mass is 569 g/mol. The van der Waals surface area contributed by atoms with Crippen molar-refractivity contribution in [2.75, 3.05) is 0 Å². The fourth-order valence-electron chi connectivity index (χ4n) is 9.09. The summed E-state index contributed by atoms with van der Waals surface area (Å²) in [5.41, 5.74) is 6.40. The van der Waals surface area contributed by atoms with Crippen molar-refractivity contribution in [3.8, 4) is 0 Å². The molecule has 0 bridgehead atoms. The van der Waals surface area contributed by atoms with E-state index >= 15 is 0 Å². The summed E-state index contributed by atoms with van der Waals surface area (Å²) in [7, 11) is 0. The van der Waals surface area contributed by atoms with Gasteiger partial charge < -0.3 is 0 Å². The zero-order valence-corrected chi connectivity index (χ0v) is 28.0. The van der Waals surface area contributed by atoms with Gasteiger partial charge in [0, 0.05) is 0 Å². The van der Waals surface area contributed by atoms with Gasteiger partial charge in [-0.25, -0.2) is 0 Å². The van der Waals surface area contributed by atoms with Crippen LogP contribution in [-0.2, 0) is 0 Å². The van der Waals surface area contributed by atoms with Gasteiger partial charge in [-0.3, -0.25) is 0 Å². The summed E-state index contributed by atoms with van der Waals surface area (Å²) in [6.07, 6.45) is 25.7. The minimum Gasteiger partial charge on any atom is -0.0654 e. The van der Waals surface area contributed by atoms with Gasteiger partial charge in [0.1, 0.15) is 0 Å². The molecule has 4 aliphatic rings. The Labute approximate surface area is 260 Å². The molecular formula is C42H64. The number of hydrogen-bond acceptors (Lipinski definition) is 0. The Morgan fingerprint density at radius 3 is 1.12 bits per heavy atom. The molecule has 0 nitrogen and oxygen atoms in total. The van der Waals surface area contributed by atoms with Crippen LogP contribution in [0.3, 0.4) is 0 Å². The Kier molecular flexibility index (Phi) is 12.1. The molecule has 0 N–H and O–H groups in total. The Morgan fingerprint density at radius 1 is 0.429 bits per heavy atom. The van der Waals surface area contributed by atoms with Crippen molar-refractivity contribution in [1.29, 1.82) is 0 Å². The van der Waals surface area contributed by atoms with E-state index in [1.807, 2.05) is 0 Å². The third kappa shape index (κ3) is 8.76. The summed E-state index contributed by atoms with van der Waals surface area (Å²) >= 11 is 0. The lowest BCUT2D eigenvalue weighted by molar-refractivity contribution is 0.288. The second kappa shape index (κ2) is 16.0. The normalized spacial score (nSPS) is 32.7. The maximum Gasteiger partial charge on any atom is -0.0157 e. The molecule has 0 heterocycles. The number of hydrogen-bond donors (Lipinski definition) is 0. The van der Waals surface area contributed by atoms with Crippen LogP contribution < -0.4 is 0 Å². The predicted octanol–water partition coefficient (Wildman–Crippen LogP) is 13.3. The van der Waals surface area contributed by atoms with Gasteiger partial charge in [0.25, 0.3) is 0 Å². The molecule has 6 rings (SSSR count). The first-order chi connectivity index (χ1) is 20.5. The van der Waals surface area contributed by atoms with Crippen LogP contribution in [0.2, 0.25) is 0 Å². The quantitative estimate of drug-likeness (QED) is 0.250. The average molecular weight is 569 g/mol. The lowest BCUT2D eigenvalue weighted by atomic mass is 9.72. The fourth-order valence-corrected chi connectivity index (χ4v) is 9.09. The predicted molar refractivity (Wildman–Crippen MR) is 184 cm³/mol. The number of unbranched alkanes of at least 4 members (excludes halogenated alkanes) is 2. The van der Waals surface area contributed by atoms with E-state index in [0.29, 0.717) is 0 Å². The van der Waals surface area contributed by atoms with Crippen molar-refractivity contribution in [3.63, 3.8) is 0 Å². The molecule has 0 aliphatic heterocycles. The number of rotatable bonds is 10. The molecule has 0 amide bonds. The van der Waals surface area contributed by atoms with Crippen LogP contribution in [0.4, 0.5) is 0 Å². The first kappa shape index (κ1) is 31.9. The van der Waals surface area contributed by atoms with Crippen LogP contribution in [0.1, 0.15) is 189 Å². The highest BCUT2D eigenvalue weighted by atomic mass is 14.3. The lowest BCUT2D eigenvalue weighted by Gasteiger charge is -2.33. The Balaban J connectivity index is 0.000000169. The average Bonchev–Trinajstić information content (AvgIpc) is 3.00.